The number of carbonyl (C=O) groups excluding carboxylic acids is 1. The molecule has 0 unspecified atom stereocenters. The fourth-order valence-electron chi connectivity index (χ4n) is 0.713. The number of aromatic nitrogens is 1. The molecule has 4 nitrogen and oxygen atoms in total. The number of aromatic hydroxyl groups is 1. The van der Waals surface area contributed by atoms with E-state index in [4.69, 9.17) is 5.11 Å². The van der Waals surface area contributed by atoms with Gasteiger partial charge in [-0.05, 0) is 6.07 Å². The van der Waals surface area contributed by atoms with E-state index < -0.39 is 0 Å². The zero-order valence-electron chi connectivity index (χ0n) is 6.03. The van der Waals surface area contributed by atoms with E-state index in [0.717, 1.165) is 0 Å². The van der Waals surface area contributed by atoms with Crippen molar-refractivity contribution in [2.45, 2.75) is 0 Å². The lowest BCUT2D eigenvalue weighted by Crippen LogP contribution is -2.17. The van der Waals surface area contributed by atoms with E-state index in [1.165, 1.54) is 25.5 Å². The Morgan fingerprint density at radius 2 is 2.45 bits per heavy atom. The summed E-state index contributed by atoms with van der Waals surface area (Å²) in [5.74, 6) is -0.420. The Labute approximate surface area is 63.9 Å². The molecular weight excluding hydrogens is 144 g/mol. The lowest BCUT2D eigenvalue weighted by molar-refractivity contribution is 0.0960. The summed E-state index contributed by atoms with van der Waals surface area (Å²) in [5, 5.41) is 11.5. The Balaban J connectivity index is 3.03. The highest BCUT2D eigenvalue weighted by Gasteiger charge is 2.06. The fourth-order valence-corrected chi connectivity index (χ4v) is 0.713. The number of carbonyl (C=O) groups is 1. The largest absolute Gasteiger partial charge is 0.505 e. The summed E-state index contributed by atoms with van der Waals surface area (Å²) in [6.45, 7) is 0. The maximum absolute atomic E-state index is 10.9. The molecule has 11 heavy (non-hydrogen) atoms. The van der Waals surface area contributed by atoms with Crippen LogP contribution in [0.15, 0.2) is 18.5 Å². The van der Waals surface area contributed by atoms with E-state index in [0.29, 0.717) is 0 Å². The molecule has 0 aliphatic carbocycles. The van der Waals surface area contributed by atoms with E-state index in [-0.39, 0.29) is 17.2 Å². The fraction of sp³-hybridized carbons (Fsp3) is 0.143. The summed E-state index contributed by atoms with van der Waals surface area (Å²) in [6.07, 6.45) is 2.68. The molecule has 0 spiro atoms. The maximum atomic E-state index is 10.9. The van der Waals surface area contributed by atoms with Crippen LogP contribution in [0.2, 0.25) is 0 Å². The van der Waals surface area contributed by atoms with E-state index in [1.54, 1.807) is 0 Å². The van der Waals surface area contributed by atoms with Gasteiger partial charge in [-0.15, -0.1) is 0 Å². The molecule has 0 aliphatic heterocycles. The molecule has 0 radical (unpaired) electrons. The van der Waals surface area contributed by atoms with Crippen LogP contribution in [0.5, 0.6) is 5.75 Å². The molecule has 0 saturated carbocycles. The van der Waals surface area contributed by atoms with Gasteiger partial charge in [-0.3, -0.25) is 9.78 Å². The Hall–Kier alpha value is -1.58. The number of hydrogen-bond donors (Lipinski definition) is 2. The number of hydrogen-bond acceptors (Lipinski definition) is 3. The van der Waals surface area contributed by atoms with Crippen LogP contribution in [-0.4, -0.2) is 23.0 Å². The Morgan fingerprint density at radius 1 is 1.73 bits per heavy atom. The van der Waals surface area contributed by atoms with Gasteiger partial charge in [0.15, 0.2) is 0 Å². The van der Waals surface area contributed by atoms with Crippen molar-refractivity contribution in [1.82, 2.24) is 10.3 Å². The van der Waals surface area contributed by atoms with E-state index >= 15 is 0 Å². The molecule has 0 aromatic carbocycles. The van der Waals surface area contributed by atoms with Gasteiger partial charge >= 0.3 is 0 Å². The van der Waals surface area contributed by atoms with Crippen molar-refractivity contribution in [1.29, 1.82) is 0 Å². The number of amides is 1. The average molecular weight is 152 g/mol. The second kappa shape index (κ2) is 3.01. The standard InChI is InChI=1S/C7H8N2O2/c1-8-7(11)5-2-3-9-4-6(5)10/h2-4,10H,1H3,(H,8,11). The van der Waals surface area contributed by atoms with Gasteiger partial charge < -0.3 is 10.4 Å². The number of nitrogens with one attached hydrogen (secondary N) is 1. The molecule has 1 rings (SSSR count). The second-order valence-corrected chi connectivity index (χ2v) is 1.97. The third-order valence-corrected chi connectivity index (χ3v) is 1.27. The Morgan fingerprint density at radius 3 is 3.00 bits per heavy atom. The summed E-state index contributed by atoms with van der Waals surface area (Å²) in [5.41, 5.74) is 0.238. The van der Waals surface area contributed by atoms with Crippen LogP contribution in [-0.2, 0) is 0 Å². The van der Waals surface area contributed by atoms with Crippen molar-refractivity contribution in [2.75, 3.05) is 7.05 Å². The van der Waals surface area contributed by atoms with Crippen LogP contribution in [0, 0.1) is 0 Å². The van der Waals surface area contributed by atoms with Gasteiger partial charge in [0.25, 0.3) is 5.91 Å². The summed E-state index contributed by atoms with van der Waals surface area (Å²) in [4.78, 5) is 14.6. The Bertz CT molecular complexity index is 273. The van der Waals surface area contributed by atoms with Crippen LogP contribution in [0.4, 0.5) is 0 Å². The quantitative estimate of drug-likeness (QED) is 0.602. The molecule has 0 bridgehead atoms. The van der Waals surface area contributed by atoms with Gasteiger partial charge in [0.05, 0.1) is 11.8 Å². The normalized spacial score (nSPS) is 9.18. The van der Waals surface area contributed by atoms with Gasteiger partial charge in [0.1, 0.15) is 5.75 Å². The molecule has 0 saturated heterocycles. The third kappa shape index (κ3) is 1.46. The summed E-state index contributed by atoms with van der Waals surface area (Å²) in [6, 6.07) is 1.45. The van der Waals surface area contributed by atoms with Gasteiger partial charge in [0.2, 0.25) is 0 Å². The van der Waals surface area contributed by atoms with Crippen molar-refractivity contribution in [2.24, 2.45) is 0 Å². The molecule has 0 aliphatic rings. The van der Waals surface area contributed by atoms with Crippen molar-refractivity contribution in [3.63, 3.8) is 0 Å². The highest BCUT2D eigenvalue weighted by Crippen LogP contribution is 2.12. The molecule has 58 valence electrons. The van der Waals surface area contributed by atoms with Gasteiger partial charge in [0, 0.05) is 13.2 Å². The number of pyridine rings is 1. The zero-order chi connectivity index (χ0) is 8.27. The predicted molar refractivity (Wildman–Crippen MR) is 39.3 cm³/mol. The summed E-state index contributed by atoms with van der Waals surface area (Å²) < 4.78 is 0. The van der Waals surface area contributed by atoms with Crippen molar-refractivity contribution in [3.05, 3.63) is 24.0 Å². The second-order valence-electron chi connectivity index (χ2n) is 1.97. The first-order chi connectivity index (χ1) is 5.25. The lowest BCUT2D eigenvalue weighted by Gasteiger charge is -1.99. The summed E-state index contributed by atoms with van der Waals surface area (Å²) >= 11 is 0. The molecule has 4 heteroatoms. The molecule has 0 atom stereocenters. The van der Waals surface area contributed by atoms with Crippen LogP contribution >= 0.6 is 0 Å². The highest BCUT2D eigenvalue weighted by atomic mass is 16.3. The number of nitrogens with zero attached hydrogens (tertiary/aromatic N) is 1. The van der Waals surface area contributed by atoms with E-state index in [2.05, 4.69) is 10.3 Å². The summed E-state index contributed by atoms with van der Waals surface area (Å²) in [7, 11) is 1.50. The van der Waals surface area contributed by atoms with Crippen molar-refractivity contribution in [3.8, 4) is 5.75 Å². The minimum Gasteiger partial charge on any atom is -0.505 e. The van der Waals surface area contributed by atoms with Crippen LogP contribution < -0.4 is 5.32 Å². The first-order valence-electron chi connectivity index (χ1n) is 3.10. The monoisotopic (exact) mass is 152 g/mol. The predicted octanol–water partition coefficient (Wildman–Crippen LogP) is 0.147. The molecule has 1 amide bonds. The van der Waals surface area contributed by atoms with Gasteiger partial charge in [-0.25, -0.2) is 0 Å². The van der Waals surface area contributed by atoms with E-state index in [9.17, 15) is 4.79 Å². The third-order valence-electron chi connectivity index (χ3n) is 1.27. The molecular formula is C7H8N2O2. The average Bonchev–Trinajstić information content (AvgIpc) is 2.04. The molecule has 1 heterocycles. The minimum absolute atomic E-state index is 0.105. The smallest absolute Gasteiger partial charge is 0.254 e. The molecule has 0 fully saturated rings. The maximum Gasteiger partial charge on any atom is 0.254 e. The van der Waals surface area contributed by atoms with Crippen molar-refractivity contribution >= 4 is 5.91 Å². The van der Waals surface area contributed by atoms with Crippen LogP contribution in [0.1, 0.15) is 10.4 Å². The first kappa shape index (κ1) is 7.53. The topological polar surface area (TPSA) is 62.2 Å². The van der Waals surface area contributed by atoms with Crippen molar-refractivity contribution < 1.29 is 9.90 Å². The highest BCUT2D eigenvalue weighted by molar-refractivity contribution is 5.96. The minimum atomic E-state index is -0.315. The van der Waals surface area contributed by atoms with Gasteiger partial charge in [-0.1, -0.05) is 0 Å². The Kier molecular flexibility index (Phi) is 2.06. The zero-order valence-corrected chi connectivity index (χ0v) is 6.03. The molecule has 2 N–H and O–H groups in total. The SMILES string of the molecule is CNC(=O)c1ccncc1O. The van der Waals surface area contributed by atoms with Gasteiger partial charge in [-0.2, -0.15) is 0 Å². The number of rotatable bonds is 1. The lowest BCUT2D eigenvalue weighted by atomic mass is 10.2. The van der Waals surface area contributed by atoms with E-state index in [1.807, 2.05) is 0 Å². The first-order valence-corrected chi connectivity index (χ1v) is 3.10. The van der Waals surface area contributed by atoms with Crippen LogP contribution in [0.25, 0.3) is 0 Å². The molecule has 1 aromatic rings. The molecule has 1 aromatic heterocycles. The van der Waals surface area contributed by atoms with Crippen LogP contribution in [0.3, 0.4) is 0 Å².